The third-order valence-corrected chi connectivity index (χ3v) is 11.4. The second-order valence-electron chi connectivity index (χ2n) is 14.8. The second kappa shape index (κ2) is 17.3. The van der Waals surface area contributed by atoms with Crippen molar-refractivity contribution in [3.05, 3.63) is 161 Å². The van der Waals surface area contributed by atoms with E-state index in [4.69, 9.17) is 29.4 Å². The van der Waals surface area contributed by atoms with Crippen LogP contribution in [0.3, 0.4) is 0 Å². The number of hydrogen-bond acceptors (Lipinski definition) is 11. The molecule has 0 aliphatic carbocycles. The molecular formula is C48H43N3O10. The maximum absolute atomic E-state index is 15.9. The SMILES string of the molecule is COCCOC(=O)N1C(=O)[C@@]2(c3cc(C#Cc4ccc(OC)cc4)ccc31)[C@H](c1cccc(OCCO)c1)N1[C@H](c3ccccc3)[C@H](c3ccccc3)OC(=O)[C@H]1[C@@H]2C(N)=O. The van der Waals surface area contributed by atoms with E-state index in [1.54, 1.807) is 73.8 Å². The molecule has 2 fully saturated rings. The van der Waals surface area contributed by atoms with Crippen molar-refractivity contribution >= 4 is 29.6 Å². The standard InChI is InChI=1S/C48H43N3O10/c1-57-26-27-60-47(56)50-38-23-20-31(17-16-30-18-21-35(58-2)22-19-30)28-37(38)48(46(50)55)39(44(49)53)41-45(54)61-42(33-12-7-4-8-13-33)40(32-10-5-3-6-11-32)51(41)43(48)34-14-9-15-36(29-34)59-25-24-52/h3-15,18-23,28-29,39-43,52H,24-27H2,1-2H3,(H2,49,53)/t39-,40-,41-,42+,43+,48-/m1/s1. The summed E-state index contributed by atoms with van der Waals surface area (Å²) in [5.74, 6) is 3.20. The van der Waals surface area contributed by atoms with E-state index in [-0.39, 0.29) is 37.7 Å². The fourth-order valence-electron chi connectivity index (χ4n) is 9.03. The number of carbonyl (C=O) groups is 4. The monoisotopic (exact) mass is 821 g/mol. The molecule has 3 N–H and O–H groups in total. The Morgan fingerprint density at radius 1 is 0.754 bits per heavy atom. The fourth-order valence-corrected chi connectivity index (χ4v) is 9.03. The normalized spacial score (nSPS) is 22.7. The lowest BCUT2D eigenvalue weighted by Crippen LogP contribution is -2.55. The third kappa shape index (κ3) is 7.24. The molecule has 310 valence electrons. The third-order valence-electron chi connectivity index (χ3n) is 11.4. The van der Waals surface area contributed by atoms with E-state index < -0.39 is 59.4 Å². The minimum absolute atomic E-state index is 0.0242. The molecular weight excluding hydrogens is 779 g/mol. The number of hydrogen-bond donors (Lipinski definition) is 2. The summed E-state index contributed by atoms with van der Waals surface area (Å²) in [6.07, 6.45) is -1.92. The van der Waals surface area contributed by atoms with Crippen LogP contribution in [0.4, 0.5) is 10.5 Å². The van der Waals surface area contributed by atoms with Crippen LogP contribution in [-0.4, -0.2) is 80.6 Å². The van der Waals surface area contributed by atoms with E-state index in [2.05, 4.69) is 11.8 Å². The van der Waals surface area contributed by atoms with Gasteiger partial charge in [-0.25, -0.2) is 9.69 Å². The van der Waals surface area contributed by atoms with Crippen molar-refractivity contribution in [3.63, 3.8) is 0 Å². The van der Waals surface area contributed by atoms with Crippen LogP contribution in [0.5, 0.6) is 11.5 Å². The maximum atomic E-state index is 15.9. The van der Waals surface area contributed by atoms with Crippen molar-refractivity contribution in [1.29, 1.82) is 0 Å². The molecule has 61 heavy (non-hydrogen) atoms. The Balaban J connectivity index is 1.42. The number of imide groups is 1. The number of aliphatic hydroxyl groups is 1. The van der Waals surface area contributed by atoms with Crippen LogP contribution in [-0.2, 0) is 34.0 Å². The van der Waals surface area contributed by atoms with Gasteiger partial charge in [-0.15, -0.1) is 0 Å². The number of nitrogens with zero attached hydrogens (tertiary/aromatic N) is 2. The van der Waals surface area contributed by atoms with Crippen LogP contribution in [0.2, 0.25) is 0 Å². The number of ether oxygens (including phenoxy) is 5. The molecule has 2 saturated heterocycles. The lowest BCUT2D eigenvalue weighted by molar-refractivity contribution is -0.178. The van der Waals surface area contributed by atoms with E-state index in [1.807, 2.05) is 65.6 Å². The number of anilines is 1. The number of esters is 1. The Morgan fingerprint density at radius 3 is 2.10 bits per heavy atom. The average molecular weight is 822 g/mol. The predicted molar refractivity (Wildman–Crippen MR) is 222 cm³/mol. The number of rotatable bonds is 11. The first-order valence-electron chi connectivity index (χ1n) is 19.7. The first-order chi connectivity index (χ1) is 29.7. The molecule has 5 aromatic rings. The van der Waals surface area contributed by atoms with Gasteiger partial charge < -0.3 is 34.5 Å². The zero-order valence-corrected chi connectivity index (χ0v) is 33.4. The number of nitrogens with two attached hydrogens (primary N) is 1. The van der Waals surface area contributed by atoms with Gasteiger partial charge in [0.05, 0.1) is 44.0 Å². The number of cyclic esters (lactones) is 1. The Hall–Kier alpha value is -6.98. The number of carbonyl (C=O) groups excluding carboxylic acids is 4. The van der Waals surface area contributed by atoms with Crippen molar-refractivity contribution in [2.45, 2.75) is 29.6 Å². The van der Waals surface area contributed by atoms with Gasteiger partial charge in [-0.2, -0.15) is 0 Å². The molecule has 0 unspecified atom stereocenters. The fraction of sp³-hybridized carbons (Fsp3) is 0.250. The molecule has 0 bridgehead atoms. The molecule has 0 saturated carbocycles. The molecule has 3 aliphatic heterocycles. The molecule has 13 heteroatoms. The Kier molecular flexibility index (Phi) is 11.6. The van der Waals surface area contributed by atoms with Crippen LogP contribution in [0.1, 0.15) is 51.6 Å². The van der Waals surface area contributed by atoms with E-state index in [9.17, 15) is 19.5 Å². The van der Waals surface area contributed by atoms with Gasteiger partial charge in [0.1, 0.15) is 42.3 Å². The van der Waals surface area contributed by atoms with Crippen LogP contribution in [0, 0.1) is 17.8 Å². The zero-order valence-electron chi connectivity index (χ0n) is 33.4. The molecule has 1 spiro atoms. The first kappa shape index (κ1) is 40.8. The van der Waals surface area contributed by atoms with Crippen LogP contribution in [0.25, 0.3) is 0 Å². The van der Waals surface area contributed by atoms with E-state index in [0.29, 0.717) is 33.8 Å². The molecule has 6 atom stereocenters. The summed E-state index contributed by atoms with van der Waals surface area (Å²) in [4.78, 5) is 62.2. The largest absolute Gasteiger partial charge is 0.497 e. The van der Waals surface area contributed by atoms with Gasteiger partial charge >= 0.3 is 12.1 Å². The van der Waals surface area contributed by atoms with Gasteiger partial charge in [0.2, 0.25) is 11.8 Å². The van der Waals surface area contributed by atoms with Gasteiger partial charge in [0.25, 0.3) is 0 Å². The van der Waals surface area contributed by atoms with E-state index in [0.717, 1.165) is 10.5 Å². The molecule has 3 amide bonds. The number of aliphatic hydroxyl groups excluding tert-OH is 1. The number of fused-ring (bicyclic) bond motifs is 3. The number of methoxy groups -OCH3 is 2. The summed E-state index contributed by atoms with van der Waals surface area (Å²) in [5, 5.41) is 9.67. The summed E-state index contributed by atoms with van der Waals surface area (Å²) in [7, 11) is 3.02. The molecule has 5 aromatic carbocycles. The smallest absolute Gasteiger partial charge is 0.421 e. The highest BCUT2D eigenvalue weighted by Crippen LogP contribution is 2.66. The van der Waals surface area contributed by atoms with E-state index >= 15 is 4.79 Å². The highest BCUT2D eigenvalue weighted by atomic mass is 16.6. The predicted octanol–water partition coefficient (Wildman–Crippen LogP) is 5.40. The number of amides is 3. The van der Waals surface area contributed by atoms with Gasteiger partial charge in [-0.05, 0) is 76.9 Å². The Bertz CT molecular complexity index is 2500. The molecule has 8 rings (SSSR count). The first-order valence-corrected chi connectivity index (χ1v) is 19.7. The van der Waals surface area contributed by atoms with Crippen molar-refractivity contribution in [2.24, 2.45) is 11.7 Å². The molecule has 0 aromatic heterocycles. The number of primary amides is 1. The van der Waals surface area contributed by atoms with Gasteiger partial charge in [-0.3, -0.25) is 19.3 Å². The molecule has 13 nitrogen and oxygen atoms in total. The van der Waals surface area contributed by atoms with Crippen molar-refractivity contribution in [3.8, 4) is 23.3 Å². The number of benzene rings is 5. The highest BCUT2D eigenvalue weighted by molar-refractivity contribution is 6.23. The van der Waals surface area contributed by atoms with Gasteiger partial charge in [0.15, 0.2) is 0 Å². The van der Waals surface area contributed by atoms with Crippen molar-refractivity contribution in [2.75, 3.05) is 45.5 Å². The summed E-state index contributed by atoms with van der Waals surface area (Å²) in [6.45, 7) is -0.401. The topological polar surface area (TPSA) is 167 Å². The van der Waals surface area contributed by atoms with Crippen molar-refractivity contribution in [1.82, 2.24) is 4.90 Å². The zero-order chi connectivity index (χ0) is 42.7. The van der Waals surface area contributed by atoms with Gasteiger partial charge in [-0.1, -0.05) is 84.6 Å². The molecule has 3 heterocycles. The summed E-state index contributed by atoms with van der Waals surface area (Å²) in [5.41, 5.74) is 7.78. The minimum atomic E-state index is -2.06. The van der Waals surface area contributed by atoms with Gasteiger partial charge in [0, 0.05) is 18.2 Å². The highest BCUT2D eigenvalue weighted by Gasteiger charge is 2.75. The quantitative estimate of drug-likeness (QED) is 0.0996. The summed E-state index contributed by atoms with van der Waals surface area (Å²) < 4.78 is 28.3. The molecule has 0 radical (unpaired) electrons. The lowest BCUT2D eigenvalue weighted by Gasteiger charge is -2.46. The van der Waals surface area contributed by atoms with Crippen molar-refractivity contribution < 1.29 is 48.0 Å². The average Bonchev–Trinajstić information content (AvgIpc) is 3.75. The number of morpholine rings is 1. The summed E-state index contributed by atoms with van der Waals surface area (Å²) in [6, 6.07) is 34.3. The lowest BCUT2D eigenvalue weighted by atomic mass is 9.65. The Labute approximate surface area is 352 Å². The van der Waals surface area contributed by atoms with E-state index in [1.165, 1.54) is 7.11 Å². The summed E-state index contributed by atoms with van der Waals surface area (Å²) >= 11 is 0. The maximum Gasteiger partial charge on any atom is 0.421 e. The molecule has 3 aliphatic rings. The minimum Gasteiger partial charge on any atom is -0.497 e. The van der Waals surface area contributed by atoms with Crippen LogP contribution in [0.15, 0.2) is 127 Å². The van der Waals surface area contributed by atoms with Crippen LogP contribution < -0.4 is 20.1 Å². The Morgan fingerprint density at radius 2 is 1.43 bits per heavy atom. The van der Waals surface area contributed by atoms with Crippen LogP contribution >= 0.6 is 0 Å². The second-order valence-corrected chi connectivity index (χ2v) is 14.8.